The highest BCUT2D eigenvalue weighted by Gasteiger charge is 2.02. The molecule has 52 valence electrons. The Morgan fingerprint density at radius 1 is 1.18 bits per heavy atom. The molecular weight excluding hydrogens is 136 g/mol. The third-order valence-electron chi connectivity index (χ3n) is 1.45. The molecule has 1 aromatic rings. The molecule has 0 aliphatic heterocycles. The van der Waals surface area contributed by atoms with E-state index in [9.17, 15) is 0 Å². The predicted molar refractivity (Wildman–Crippen MR) is 43.7 cm³/mol. The Morgan fingerprint density at radius 2 is 1.91 bits per heavy atom. The van der Waals surface area contributed by atoms with E-state index in [-0.39, 0.29) is 0 Å². The van der Waals surface area contributed by atoms with E-state index in [0.717, 1.165) is 5.56 Å². The molecular formula is C9H6N2. The SMILES string of the molecule is [C-]#[N+]c1cccc(C)c1[N+]#[C-]. The van der Waals surface area contributed by atoms with Crippen molar-refractivity contribution in [1.29, 1.82) is 0 Å². The van der Waals surface area contributed by atoms with Crippen LogP contribution in [0.2, 0.25) is 0 Å². The second kappa shape index (κ2) is 2.86. The summed E-state index contributed by atoms with van der Waals surface area (Å²) in [5.41, 5.74) is 1.79. The van der Waals surface area contributed by atoms with Crippen molar-refractivity contribution in [3.05, 3.63) is 46.6 Å². The normalized spacial score (nSPS) is 8.27. The van der Waals surface area contributed by atoms with Crippen LogP contribution in [0.15, 0.2) is 18.2 Å². The second-order valence-corrected chi connectivity index (χ2v) is 2.17. The molecule has 0 saturated carbocycles. The van der Waals surface area contributed by atoms with Gasteiger partial charge in [0.1, 0.15) is 0 Å². The van der Waals surface area contributed by atoms with Crippen LogP contribution in [-0.2, 0) is 0 Å². The van der Waals surface area contributed by atoms with Crippen LogP contribution in [0, 0.1) is 20.1 Å². The van der Waals surface area contributed by atoms with Crippen molar-refractivity contribution in [2.24, 2.45) is 0 Å². The molecule has 0 heterocycles. The molecule has 0 fully saturated rings. The molecule has 0 spiro atoms. The molecule has 1 aromatic carbocycles. The summed E-state index contributed by atoms with van der Waals surface area (Å²) in [4.78, 5) is 6.52. The van der Waals surface area contributed by atoms with Gasteiger partial charge in [0.15, 0.2) is 11.4 Å². The highest BCUT2D eigenvalue weighted by molar-refractivity contribution is 5.73. The van der Waals surface area contributed by atoms with Gasteiger partial charge in [-0.25, -0.2) is 4.85 Å². The van der Waals surface area contributed by atoms with Crippen molar-refractivity contribution in [2.45, 2.75) is 6.92 Å². The van der Waals surface area contributed by atoms with Gasteiger partial charge in [-0.05, 0) is 0 Å². The average Bonchev–Trinajstić information content (AvgIpc) is 2.04. The number of aryl methyl sites for hydroxylation is 1. The largest absolute Gasteiger partial charge is 0.250 e. The van der Waals surface area contributed by atoms with E-state index in [1.54, 1.807) is 12.1 Å². The van der Waals surface area contributed by atoms with Gasteiger partial charge in [-0.1, -0.05) is 30.7 Å². The Morgan fingerprint density at radius 3 is 2.36 bits per heavy atom. The Balaban J connectivity index is 3.42. The fourth-order valence-corrected chi connectivity index (χ4v) is 0.879. The number of nitrogens with zero attached hydrogens (tertiary/aromatic N) is 2. The zero-order chi connectivity index (χ0) is 8.27. The van der Waals surface area contributed by atoms with Crippen molar-refractivity contribution in [3.8, 4) is 0 Å². The lowest BCUT2D eigenvalue weighted by molar-refractivity contribution is 1.50. The maximum Gasteiger partial charge on any atom is 0.197 e. The maximum absolute atomic E-state index is 6.81. The van der Waals surface area contributed by atoms with Crippen LogP contribution in [0.3, 0.4) is 0 Å². The summed E-state index contributed by atoms with van der Waals surface area (Å²) in [6.45, 7) is 15.4. The quantitative estimate of drug-likeness (QED) is 0.492. The van der Waals surface area contributed by atoms with Crippen molar-refractivity contribution in [2.75, 3.05) is 0 Å². The first-order valence-electron chi connectivity index (χ1n) is 3.14. The zero-order valence-corrected chi connectivity index (χ0v) is 6.13. The first-order valence-corrected chi connectivity index (χ1v) is 3.14. The molecule has 0 bridgehead atoms. The first kappa shape index (κ1) is 7.31. The van der Waals surface area contributed by atoms with Gasteiger partial charge in [0, 0.05) is 0 Å². The van der Waals surface area contributed by atoms with Crippen LogP contribution < -0.4 is 0 Å². The van der Waals surface area contributed by atoms with Gasteiger partial charge in [0.25, 0.3) is 0 Å². The van der Waals surface area contributed by atoms with Gasteiger partial charge < -0.3 is 0 Å². The topological polar surface area (TPSA) is 8.72 Å². The van der Waals surface area contributed by atoms with Crippen LogP contribution in [0.5, 0.6) is 0 Å². The van der Waals surface area contributed by atoms with Gasteiger partial charge in [0.05, 0.1) is 13.1 Å². The van der Waals surface area contributed by atoms with Crippen LogP contribution in [0.25, 0.3) is 9.69 Å². The lowest BCUT2D eigenvalue weighted by Gasteiger charge is -1.96. The van der Waals surface area contributed by atoms with E-state index in [1.807, 2.05) is 13.0 Å². The molecule has 2 heteroatoms. The summed E-state index contributed by atoms with van der Waals surface area (Å²) in [5.74, 6) is 0. The van der Waals surface area contributed by atoms with Crippen molar-refractivity contribution in [1.82, 2.24) is 0 Å². The summed E-state index contributed by atoms with van der Waals surface area (Å²) in [6, 6.07) is 5.28. The van der Waals surface area contributed by atoms with Crippen LogP contribution in [0.4, 0.5) is 11.4 Å². The van der Waals surface area contributed by atoms with Gasteiger partial charge in [-0.3, -0.25) is 4.85 Å². The third kappa shape index (κ3) is 1.20. The fourth-order valence-electron chi connectivity index (χ4n) is 0.879. The van der Waals surface area contributed by atoms with E-state index >= 15 is 0 Å². The molecule has 0 saturated heterocycles. The minimum absolute atomic E-state index is 0.444. The Labute approximate surface area is 65.7 Å². The molecule has 0 amide bonds. The first-order chi connectivity index (χ1) is 5.29. The molecule has 0 atom stereocenters. The number of benzene rings is 1. The summed E-state index contributed by atoms with van der Waals surface area (Å²) < 4.78 is 0. The standard InChI is InChI=1S/C9H6N2/c1-7-5-4-6-8(10-2)9(7)11-3/h4-6H,1H3. The molecule has 1 rings (SSSR count). The summed E-state index contributed by atoms with van der Waals surface area (Å²) in [6.07, 6.45) is 0. The number of hydrogen-bond donors (Lipinski definition) is 0. The molecule has 0 N–H and O–H groups in total. The van der Waals surface area contributed by atoms with E-state index < -0.39 is 0 Å². The third-order valence-corrected chi connectivity index (χ3v) is 1.45. The summed E-state index contributed by atoms with van der Waals surface area (Å²) in [7, 11) is 0. The molecule has 2 nitrogen and oxygen atoms in total. The molecule has 0 unspecified atom stereocenters. The van der Waals surface area contributed by atoms with Gasteiger partial charge >= 0.3 is 0 Å². The van der Waals surface area contributed by atoms with E-state index in [4.69, 9.17) is 13.1 Å². The van der Waals surface area contributed by atoms with Gasteiger partial charge in [-0.15, -0.1) is 0 Å². The van der Waals surface area contributed by atoms with Crippen LogP contribution in [-0.4, -0.2) is 0 Å². The summed E-state index contributed by atoms with van der Waals surface area (Å²) in [5, 5.41) is 0. The molecule has 0 aliphatic rings. The zero-order valence-electron chi connectivity index (χ0n) is 6.13. The van der Waals surface area contributed by atoms with E-state index in [2.05, 4.69) is 9.69 Å². The van der Waals surface area contributed by atoms with Crippen molar-refractivity contribution >= 4 is 11.4 Å². The molecule has 0 aromatic heterocycles. The Bertz CT molecular complexity index is 353. The lowest BCUT2D eigenvalue weighted by atomic mass is 10.2. The van der Waals surface area contributed by atoms with Crippen molar-refractivity contribution < 1.29 is 0 Å². The second-order valence-electron chi connectivity index (χ2n) is 2.17. The lowest BCUT2D eigenvalue weighted by Crippen LogP contribution is -1.70. The number of rotatable bonds is 0. The highest BCUT2D eigenvalue weighted by atomic mass is 14.8. The Kier molecular flexibility index (Phi) is 1.90. The fraction of sp³-hybridized carbons (Fsp3) is 0.111. The van der Waals surface area contributed by atoms with Gasteiger partial charge in [0.2, 0.25) is 0 Å². The average molecular weight is 142 g/mol. The summed E-state index contributed by atoms with van der Waals surface area (Å²) >= 11 is 0. The maximum atomic E-state index is 6.81. The number of para-hydroxylation sites is 1. The predicted octanol–water partition coefficient (Wildman–Crippen LogP) is 3.10. The van der Waals surface area contributed by atoms with Crippen molar-refractivity contribution in [3.63, 3.8) is 0 Å². The minimum atomic E-state index is 0.444. The monoisotopic (exact) mass is 142 g/mol. The molecule has 0 aliphatic carbocycles. The van der Waals surface area contributed by atoms with E-state index in [0.29, 0.717) is 11.4 Å². The minimum Gasteiger partial charge on any atom is -0.250 e. The molecule has 0 radical (unpaired) electrons. The Hall–Kier alpha value is -1.80. The van der Waals surface area contributed by atoms with Gasteiger partial charge in [-0.2, -0.15) is 0 Å². The van der Waals surface area contributed by atoms with Crippen LogP contribution in [0.1, 0.15) is 5.56 Å². The highest BCUT2D eigenvalue weighted by Crippen LogP contribution is 2.30. The van der Waals surface area contributed by atoms with E-state index in [1.165, 1.54) is 0 Å². The smallest absolute Gasteiger partial charge is 0.197 e. The van der Waals surface area contributed by atoms with Crippen LogP contribution >= 0.6 is 0 Å². The number of hydrogen-bond acceptors (Lipinski definition) is 0. The molecule has 11 heavy (non-hydrogen) atoms.